The summed E-state index contributed by atoms with van der Waals surface area (Å²) < 4.78 is 0.630. The first-order valence-electron chi connectivity index (χ1n) is 5.87. The number of halogens is 1. The third kappa shape index (κ3) is 4.29. The molecule has 0 atom stereocenters. The van der Waals surface area contributed by atoms with Gasteiger partial charge < -0.3 is 10.6 Å². The van der Waals surface area contributed by atoms with Crippen molar-refractivity contribution in [2.24, 2.45) is 0 Å². The van der Waals surface area contributed by atoms with Crippen LogP contribution in [0, 0.1) is 10.1 Å². The van der Waals surface area contributed by atoms with Crippen LogP contribution in [0.2, 0.25) is 5.02 Å². The molecular formula is C11H10ClN5O3S2. The fraction of sp³-hybridized carbons (Fsp3) is 0.182. The van der Waals surface area contributed by atoms with E-state index in [4.69, 9.17) is 11.6 Å². The van der Waals surface area contributed by atoms with Crippen molar-refractivity contribution in [3.8, 4) is 0 Å². The summed E-state index contributed by atoms with van der Waals surface area (Å²) in [6.45, 7) is 0. The highest BCUT2D eigenvalue weighted by molar-refractivity contribution is 8.01. The molecule has 0 unspecified atom stereocenters. The van der Waals surface area contributed by atoms with Crippen molar-refractivity contribution in [2.45, 2.75) is 4.34 Å². The zero-order valence-electron chi connectivity index (χ0n) is 11.2. The Morgan fingerprint density at radius 1 is 1.50 bits per heavy atom. The van der Waals surface area contributed by atoms with E-state index < -0.39 is 4.92 Å². The van der Waals surface area contributed by atoms with E-state index in [1.165, 1.54) is 41.3 Å². The first-order chi connectivity index (χ1) is 10.5. The molecule has 2 rings (SSSR count). The zero-order valence-corrected chi connectivity index (χ0v) is 13.6. The van der Waals surface area contributed by atoms with Crippen LogP contribution >= 0.6 is 34.7 Å². The summed E-state index contributed by atoms with van der Waals surface area (Å²) in [5.41, 5.74) is -0.146. The second-order valence-electron chi connectivity index (χ2n) is 3.88. The molecule has 11 heteroatoms. The molecule has 8 nitrogen and oxygen atoms in total. The summed E-state index contributed by atoms with van der Waals surface area (Å²) in [4.78, 5) is 22.2. The molecule has 0 saturated carbocycles. The Hall–Kier alpha value is -1.91. The second-order valence-corrected chi connectivity index (χ2v) is 6.51. The van der Waals surface area contributed by atoms with Crippen LogP contribution in [-0.2, 0) is 4.79 Å². The quantitative estimate of drug-likeness (QED) is 0.463. The van der Waals surface area contributed by atoms with Gasteiger partial charge in [-0.2, -0.15) is 0 Å². The Morgan fingerprint density at radius 2 is 2.27 bits per heavy atom. The minimum Gasteiger partial charge on any atom is -0.363 e. The van der Waals surface area contributed by atoms with Crippen molar-refractivity contribution in [2.75, 3.05) is 23.4 Å². The van der Waals surface area contributed by atoms with Crippen molar-refractivity contribution >= 4 is 57.1 Å². The average molecular weight is 360 g/mol. The van der Waals surface area contributed by atoms with E-state index in [0.29, 0.717) is 9.47 Å². The van der Waals surface area contributed by atoms with Crippen LogP contribution in [-0.4, -0.2) is 33.8 Å². The summed E-state index contributed by atoms with van der Waals surface area (Å²) in [7, 11) is 1.72. The van der Waals surface area contributed by atoms with E-state index in [1.807, 2.05) is 0 Å². The van der Waals surface area contributed by atoms with E-state index in [-0.39, 0.29) is 28.1 Å². The number of amides is 1. The van der Waals surface area contributed by atoms with Gasteiger partial charge in [-0.25, -0.2) is 0 Å². The lowest BCUT2D eigenvalue weighted by molar-refractivity contribution is -0.383. The molecule has 0 aliphatic carbocycles. The lowest BCUT2D eigenvalue weighted by Crippen LogP contribution is -2.15. The van der Waals surface area contributed by atoms with Gasteiger partial charge in [0.25, 0.3) is 5.69 Å². The molecule has 0 spiro atoms. The normalized spacial score (nSPS) is 10.3. The number of rotatable bonds is 6. The SMILES string of the molecule is CNc1nnc(SCC(=O)Nc2ccc(Cl)cc2[N+](=O)[O-])s1. The Bertz CT molecular complexity index is 709. The first kappa shape index (κ1) is 16.5. The van der Waals surface area contributed by atoms with Gasteiger partial charge in [0.1, 0.15) is 5.69 Å². The van der Waals surface area contributed by atoms with Crippen LogP contribution in [0.25, 0.3) is 0 Å². The Morgan fingerprint density at radius 3 is 2.91 bits per heavy atom. The van der Waals surface area contributed by atoms with E-state index >= 15 is 0 Å². The van der Waals surface area contributed by atoms with Crippen LogP contribution in [0.3, 0.4) is 0 Å². The molecule has 0 fully saturated rings. The number of hydrogen-bond donors (Lipinski definition) is 2. The van der Waals surface area contributed by atoms with Crippen molar-refractivity contribution in [1.82, 2.24) is 10.2 Å². The highest BCUT2D eigenvalue weighted by Gasteiger charge is 2.17. The standard InChI is InChI=1S/C11H10ClN5O3S2/c1-13-10-15-16-11(22-10)21-5-9(18)14-7-3-2-6(12)4-8(7)17(19)20/h2-4H,5H2,1H3,(H,13,15)(H,14,18). The van der Waals surface area contributed by atoms with Crippen LogP contribution < -0.4 is 10.6 Å². The maximum absolute atomic E-state index is 11.9. The lowest BCUT2D eigenvalue weighted by Gasteiger charge is -2.05. The summed E-state index contributed by atoms with van der Waals surface area (Å²) >= 11 is 8.23. The number of thioether (sulfide) groups is 1. The monoisotopic (exact) mass is 359 g/mol. The van der Waals surface area contributed by atoms with Crippen LogP contribution in [0.4, 0.5) is 16.5 Å². The number of nitro groups is 1. The van der Waals surface area contributed by atoms with Gasteiger partial charge in [-0.15, -0.1) is 10.2 Å². The zero-order chi connectivity index (χ0) is 16.1. The van der Waals surface area contributed by atoms with E-state index in [2.05, 4.69) is 20.8 Å². The molecular weight excluding hydrogens is 350 g/mol. The number of benzene rings is 1. The van der Waals surface area contributed by atoms with Crippen LogP contribution in [0.1, 0.15) is 0 Å². The Kier molecular flexibility index (Phi) is 5.52. The van der Waals surface area contributed by atoms with E-state index in [9.17, 15) is 14.9 Å². The predicted octanol–water partition coefficient (Wildman–Crippen LogP) is 2.87. The average Bonchev–Trinajstić information content (AvgIpc) is 2.95. The number of aromatic nitrogens is 2. The number of carbonyl (C=O) groups excluding carboxylic acids is 1. The Labute approximate surface area is 138 Å². The predicted molar refractivity (Wildman–Crippen MR) is 86.9 cm³/mol. The minimum atomic E-state index is -0.599. The summed E-state index contributed by atoms with van der Waals surface area (Å²) in [5.74, 6) is -0.311. The van der Waals surface area contributed by atoms with Crippen molar-refractivity contribution in [3.63, 3.8) is 0 Å². The fourth-order valence-corrected chi connectivity index (χ4v) is 3.12. The number of hydrogen-bond acceptors (Lipinski definition) is 8. The highest BCUT2D eigenvalue weighted by Crippen LogP contribution is 2.29. The lowest BCUT2D eigenvalue weighted by atomic mass is 10.2. The molecule has 1 aromatic carbocycles. The third-order valence-electron chi connectivity index (χ3n) is 2.38. The molecule has 1 aromatic heterocycles. The highest BCUT2D eigenvalue weighted by atomic mass is 35.5. The van der Waals surface area contributed by atoms with Gasteiger partial charge in [0.15, 0.2) is 4.34 Å². The molecule has 0 aliphatic rings. The second kappa shape index (κ2) is 7.38. The topological polar surface area (TPSA) is 110 Å². The summed E-state index contributed by atoms with van der Waals surface area (Å²) in [6.07, 6.45) is 0. The number of anilines is 2. The van der Waals surface area contributed by atoms with Gasteiger partial charge in [0.05, 0.1) is 10.7 Å². The van der Waals surface area contributed by atoms with Gasteiger partial charge in [0, 0.05) is 18.1 Å². The number of nitro benzene ring substituents is 1. The smallest absolute Gasteiger partial charge is 0.294 e. The van der Waals surface area contributed by atoms with Gasteiger partial charge >= 0.3 is 0 Å². The van der Waals surface area contributed by atoms with E-state index in [1.54, 1.807) is 7.05 Å². The molecule has 1 amide bonds. The van der Waals surface area contributed by atoms with E-state index in [0.717, 1.165) is 0 Å². The molecule has 0 bridgehead atoms. The summed E-state index contributed by atoms with van der Waals surface area (Å²) in [5, 5.41) is 24.9. The van der Waals surface area contributed by atoms with Crippen molar-refractivity contribution in [3.05, 3.63) is 33.3 Å². The van der Waals surface area contributed by atoms with Crippen LogP contribution in [0.15, 0.2) is 22.5 Å². The van der Waals surface area contributed by atoms with Crippen molar-refractivity contribution in [1.29, 1.82) is 0 Å². The largest absolute Gasteiger partial charge is 0.363 e. The molecule has 2 N–H and O–H groups in total. The van der Waals surface area contributed by atoms with Gasteiger partial charge in [0.2, 0.25) is 11.0 Å². The minimum absolute atomic E-state index is 0.0676. The fourth-order valence-electron chi connectivity index (χ4n) is 1.44. The first-order valence-corrected chi connectivity index (χ1v) is 8.05. The van der Waals surface area contributed by atoms with Crippen molar-refractivity contribution < 1.29 is 9.72 Å². The van der Waals surface area contributed by atoms with Crippen LogP contribution in [0.5, 0.6) is 0 Å². The molecule has 0 saturated heterocycles. The molecule has 22 heavy (non-hydrogen) atoms. The number of nitrogens with one attached hydrogen (secondary N) is 2. The molecule has 0 radical (unpaired) electrons. The van der Waals surface area contributed by atoms with Gasteiger partial charge in [-0.3, -0.25) is 14.9 Å². The van der Waals surface area contributed by atoms with Gasteiger partial charge in [-0.05, 0) is 12.1 Å². The maximum Gasteiger partial charge on any atom is 0.294 e. The summed E-state index contributed by atoms with van der Waals surface area (Å²) in [6, 6.07) is 4.06. The number of nitrogens with zero attached hydrogens (tertiary/aromatic N) is 3. The molecule has 2 aromatic rings. The molecule has 116 valence electrons. The third-order valence-corrected chi connectivity index (χ3v) is 4.69. The van der Waals surface area contributed by atoms with Gasteiger partial charge in [-0.1, -0.05) is 34.7 Å². The maximum atomic E-state index is 11.9. The number of carbonyl (C=O) groups is 1. The molecule has 1 heterocycles. The molecule has 0 aliphatic heterocycles. The Balaban J connectivity index is 1.98.